The van der Waals surface area contributed by atoms with Gasteiger partial charge in [-0.2, -0.15) is 0 Å². The van der Waals surface area contributed by atoms with Gasteiger partial charge in [0.1, 0.15) is 11.4 Å². The Balaban J connectivity index is 2.74. The first-order chi connectivity index (χ1) is 8.82. The van der Waals surface area contributed by atoms with Gasteiger partial charge in [-0.25, -0.2) is 8.78 Å². The Morgan fingerprint density at radius 1 is 1.32 bits per heavy atom. The molecule has 0 aliphatic heterocycles. The van der Waals surface area contributed by atoms with Crippen LogP contribution in [0.1, 0.15) is 24.2 Å². The number of nitrogen functional groups attached to an aromatic ring is 1. The molecule has 1 aromatic carbocycles. The summed E-state index contributed by atoms with van der Waals surface area (Å²) >= 11 is 0. The maximum atomic E-state index is 13.5. The monoisotopic (exact) mass is 271 g/mol. The second kappa shape index (κ2) is 6.12. The van der Waals surface area contributed by atoms with Gasteiger partial charge in [0, 0.05) is 6.04 Å². The molecule has 7 heteroatoms. The summed E-state index contributed by atoms with van der Waals surface area (Å²) in [6.07, 6.45) is 0. The SMILES string of the molecule is CC(C)NC(=O)CNC(=O)c1c(F)ccc(N)c1F. The van der Waals surface area contributed by atoms with E-state index in [0.717, 1.165) is 12.1 Å². The zero-order chi connectivity index (χ0) is 14.6. The van der Waals surface area contributed by atoms with E-state index in [4.69, 9.17) is 5.73 Å². The predicted octanol–water partition coefficient (Wildman–Crippen LogP) is 0.801. The van der Waals surface area contributed by atoms with Gasteiger partial charge in [0.15, 0.2) is 5.82 Å². The summed E-state index contributed by atoms with van der Waals surface area (Å²) in [6, 6.07) is 1.82. The summed E-state index contributed by atoms with van der Waals surface area (Å²) in [4.78, 5) is 22.9. The van der Waals surface area contributed by atoms with Crippen molar-refractivity contribution in [3.63, 3.8) is 0 Å². The molecular formula is C12H15F2N3O2. The van der Waals surface area contributed by atoms with Crippen molar-refractivity contribution in [2.24, 2.45) is 0 Å². The normalized spacial score (nSPS) is 10.4. The first-order valence-electron chi connectivity index (χ1n) is 5.64. The van der Waals surface area contributed by atoms with Gasteiger partial charge < -0.3 is 16.4 Å². The van der Waals surface area contributed by atoms with Gasteiger partial charge in [-0.15, -0.1) is 0 Å². The third kappa shape index (κ3) is 3.90. The Labute approximate surface area is 109 Å². The molecule has 0 fully saturated rings. The van der Waals surface area contributed by atoms with Crippen molar-refractivity contribution in [3.05, 3.63) is 29.3 Å². The molecule has 0 aromatic heterocycles. The van der Waals surface area contributed by atoms with E-state index in [9.17, 15) is 18.4 Å². The predicted molar refractivity (Wildman–Crippen MR) is 66.4 cm³/mol. The maximum absolute atomic E-state index is 13.5. The van der Waals surface area contributed by atoms with Crippen molar-refractivity contribution in [1.29, 1.82) is 0 Å². The van der Waals surface area contributed by atoms with Crippen LogP contribution >= 0.6 is 0 Å². The van der Waals surface area contributed by atoms with Crippen LogP contribution in [-0.2, 0) is 4.79 Å². The smallest absolute Gasteiger partial charge is 0.257 e. The first-order valence-corrected chi connectivity index (χ1v) is 5.64. The van der Waals surface area contributed by atoms with E-state index in [2.05, 4.69) is 10.6 Å². The van der Waals surface area contributed by atoms with E-state index < -0.39 is 29.0 Å². The fourth-order valence-electron chi connectivity index (χ4n) is 1.40. The average molecular weight is 271 g/mol. The molecule has 0 saturated carbocycles. The molecule has 0 aliphatic carbocycles. The van der Waals surface area contributed by atoms with Crippen molar-refractivity contribution >= 4 is 17.5 Å². The summed E-state index contributed by atoms with van der Waals surface area (Å²) in [5.41, 5.74) is 4.12. The van der Waals surface area contributed by atoms with E-state index in [1.165, 1.54) is 0 Å². The van der Waals surface area contributed by atoms with Crippen LogP contribution in [0.4, 0.5) is 14.5 Å². The fraction of sp³-hybridized carbons (Fsp3) is 0.333. The highest BCUT2D eigenvalue weighted by molar-refractivity contribution is 5.97. The first kappa shape index (κ1) is 14.9. The van der Waals surface area contributed by atoms with Crippen molar-refractivity contribution in [3.8, 4) is 0 Å². The van der Waals surface area contributed by atoms with Crippen LogP contribution in [0.3, 0.4) is 0 Å². The van der Waals surface area contributed by atoms with Crippen LogP contribution < -0.4 is 16.4 Å². The lowest BCUT2D eigenvalue weighted by molar-refractivity contribution is -0.120. The van der Waals surface area contributed by atoms with Gasteiger partial charge >= 0.3 is 0 Å². The molecule has 2 amide bonds. The molecule has 0 radical (unpaired) electrons. The molecule has 0 saturated heterocycles. The van der Waals surface area contributed by atoms with E-state index in [1.54, 1.807) is 13.8 Å². The van der Waals surface area contributed by atoms with Crippen molar-refractivity contribution in [1.82, 2.24) is 10.6 Å². The van der Waals surface area contributed by atoms with Crippen LogP contribution in [0.15, 0.2) is 12.1 Å². The quantitative estimate of drug-likeness (QED) is 0.708. The van der Waals surface area contributed by atoms with Gasteiger partial charge in [-0.05, 0) is 26.0 Å². The minimum absolute atomic E-state index is 0.0924. The second-order valence-electron chi connectivity index (χ2n) is 4.23. The van der Waals surface area contributed by atoms with Gasteiger partial charge in [0.2, 0.25) is 5.91 Å². The number of rotatable bonds is 4. The van der Waals surface area contributed by atoms with Crippen LogP contribution in [-0.4, -0.2) is 24.4 Å². The summed E-state index contributed by atoms with van der Waals surface area (Å²) in [7, 11) is 0. The number of halogens is 2. The lowest BCUT2D eigenvalue weighted by Crippen LogP contribution is -2.40. The molecule has 5 nitrogen and oxygen atoms in total. The Morgan fingerprint density at radius 2 is 1.95 bits per heavy atom. The summed E-state index contributed by atoms with van der Waals surface area (Å²) in [6.45, 7) is 3.12. The number of nitrogens with two attached hydrogens (primary N) is 1. The number of benzene rings is 1. The number of anilines is 1. The van der Waals surface area contributed by atoms with E-state index in [-0.39, 0.29) is 18.3 Å². The zero-order valence-corrected chi connectivity index (χ0v) is 10.6. The van der Waals surface area contributed by atoms with E-state index >= 15 is 0 Å². The molecule has 104 valence electrons. The molecule has 0 aliphatic rings. The number of carbonyl (C=O) groups is 2. The fourth-order valence-corrected chi connectivity index (χ4v) is 1.40. The Hall–Kier alpha value is -2.18. The minimum atomic E-state index is -1.14. The zero-order valence-electron chi connectivity index (χ0n) is 10.6. The summed E-state index contributed by atoms with van der Waals surface area (Å²) < 4.78 is 26.9. The van der Waals surface area contributed by atoms with Gasteiger partial charge in [0.05, 0.1) is 12.2 Å². The largest absolute Gasteiger partial charge is 0.396 e. The number of hydrogen-bond acceptors (Lipinski definition) is 3. The van der Waals surface area contributed by atoms with Gasteiger partial charge in [0.25, 0.3) is 5.91 Å². The van der Waals surface area contributed by atoms with Crippen molar-refractivity contribution < 1.29 is 18.4 Å². The van der Waals surface area contributed by atoms with E-state index in [0.29, 0.717) is 0 Å². The molecule has 1 aromatic rings. The Kier molecular flexibility index (Phi) is 4.80. The highest BCUT2D eigenvalue weighted by Gasteiger charge is 2.20. The van der Waals surface area contributed by atoms with Gasteiger partial charge in [-0.3, -0.25) is 9.59 Å². The highest BCUT2D eigenvalue weighted by atomic mass is 19.1. The molecule has 0 bridgehead atoms. The lowest BCUT2D eigenvalue weighted by Gasteiger charge is -2.10. The molecule has 1 rings (SSSR count). The highest BCUT2D eigenvalue weighted by Crippen LogP contribution is 2.18. The summed E-state index contributed by atoms with van der Waals surface area (Å²) in [5, 5.41) is 4.65. The number of nitrogens with one attached hydrogen (secondary N) is 2. The molecule has 0 atom stereocenters. The number of hydrogen-bond donors (Lipinski definition) is 3. The lowest BCUT2D eigenvalue weighted by atomic mass is 10.1. The van der Waals surface area contributed by atoms with Crippen LogP contribution in [0.5, 0.6) is 0 Å². The third-order valence-corrected chi connectivity index (χ3v) is 2.21. The van der Waals surface area contributed by atoms with Crippen molar-refractivity contribution in [2.45, 2.75) is 19.9 Å². The maximum Gasteiger partial charge on any atom is 0.257 e. The second-order valence-corrected chi connectivity index (χ2v) is 4.23. The standard InChI is InChI=1S/C12H15F2N3O2/c1-6(2)17-9(18)5-16-12(19)10-7(13)3-4-8(15)11(10)14/h3-4,6H,5,15H2,1-2H3,(H,16,19)(H,17,18). The van der Waals surface area contributed by atoms with Crippen LogP contribution in [0.25, 0.3) is 0 Å². The van der Waals surface area contributed by atoms with E-state index in [1.807, 2.05) is 0 Å². The molecule has 0 unspecified atom stereocenters. The summed E-state index contributed by atoms with van der Waals surface area (Å²) in [5.74, 6) is -3.65. The van der Waals surface area contributed by atoms with Gasteiger partial charge in [-0.1, -0.05) is 0 Å². The third-order valence-electron chi connectivity index (χ3n) is 2.21. The average Bonchev–Trinajstić information content (AvgIpc) is 2.31. The molecule has 0 spiro atoms. The van der Waals surface area contributed by atoms with Crippen LogP contribution in [0, 0.1) is 11.6 Å². The Morgan fingerprint density at radius 3 is 2.53 bits per heavy atom. The Bertz CT molecular complexity index is 504. The topological polar surface area (TPSA) is 84.2 Å². The number of carbonyl (C=O) groups excluding carboxylic acids is 2. The number of amides is 2. The molecule has 0 heterocycles. The molecule has 19 heavy (non-hydrogen) atoms. The molecular weight excluding hydrogens is 256 g/mol. The van der Waals surface area contributed by atoms with Crippen molar-refractivity contribution in [2.75, 3.05) is 12.3 Å². The minimum Gasteiger partial charge on any atom is -0.396 e. The van der Waals surface area contributed by atoms with Crippen LogP contribution in [0.2, 0.25) is 0 Å². The molecule has 4 N–H and O–H groups in total.